The average Bonchev–Trinajstić information content (AvgIpc) is 2.68. The smallest absolute Gasteiger partial charge is 0.108 e. The Labute approximate surface area is 105 Å². The summed E-state index contributed by atoms with van der Waals surface area (Å²) in [6, 6.07) is 3.81. The van der Waals surface area contributed by atoms with Crippen LogP contribution in [-0.4, -0.2) is 36.1 Å². The van der Waals surface area contributed by atoms with Crippen LogP contribution in [0.3, 0.4) is 0 Å². The molecule has 96 valence electrons. The lowest BCUT2D eigenvalue weighted by Crippen LogP contribution is -2.52. The summed E-state index contributed by atoms with van der Waals surface area (Å²) in [6.45, 7) is 5.90. The molecule has 2 aliphatic rings. The average molecular weight is 235 g/mol. The van der Waals surface area contributed by atoms with Crippen LogP contribution >= 0.6 is 0 Å². The largest absolute Gasteiger partial charge is 0.302 e. The molecule has 0 radical (unpaired) electrons. The third-order valence-corrected chi connectivity index (χ3v) is 4.72. The molecule has 17 heavy (non-hydrogen) atoms. The van der Waals surface area contributed by atoms with E-state index < -0.39 is 0 Å². The number of likely N-dealkylation sites (tertiary alicyclic amines) is 1. The summed E-state index contributed by atoms with van der Waals surface area (Å²) in [5.74, 6) is 0.818. The van der Waals surface area contributed by atoms with Crippen LogP contribution in [-0.2, 0) is 0 Å². The molecule has 1 saturated carbocycles. The minimum Gasteiger partial charge on any atom is -0.302 e. The molecule has 0 aromatic heterocycles. The van der Waals surface area contributed by atoms with Gasteiger partial charge in [0.15, 0.2) is 0 Å². The topological polar surface area (TPSA) is 39.1 Å². The summed E-state index contributed by atoms with van der Waals surface area (Å²) < 4.78 is 0. The number of hydrogen-bond donors (Lipinski definition) is 1. The lowest BCUT2D eigenvalue weighted by molar-refractivity contribution is 0.115. The highest BCUT2D eigenvalue weighted by Gasteiger charge is 2.40. The lowest BCUT2D eigenvalue weighted by atomic mass is 9.79. The van der Waals surface area contributed by atoms with Crippen LogP contribution in [0.15, 0.2) is 0 Å². The monoisotopic (exact) mass is 235 g/mol. The molecule has 1 aliphatic heterocycles. The molecular formula is C14H25N3. The maximum atomic E-state index is 9.39. The molecule has 0 bridgehead atoms. The third-order valence-electron chi connectivity index (χ3n) is 4.72. The van der Waals surface area contributed by atoms with E-state index in [1.54, 1.807) is 0 Å². The Balaban J connectivity index is 2.05. The Kier molecular flexibility index (Phi) is 3.75. The molecule has 4 atom stereocenters. The lowest BCUT2D eigenvalue weighted by Gasteiger charge is -2.41. The highest BCUT2D eigenvalue weighted by atomic mass is 15.2. The van der Waals surface area contributed by atoms with Crippen LogP contribution in [0.2, 0.25) is 0 Å². The van der Waals surface area contributed by atoms with Gasteiger partial charge in [0, 0.05) is 18.6 Å². The molecule has 1 heterocycles. The predicted molar refractivity (Wildman–Crippen MR) is 69.6 cm³/mol. The minimum absolute atomic E-state index is 0.269. The van der Waals surface area contributed by atoms with E-state index in [0.29, 0.717) is 12.1 Å². The fourth-order valence-electron chi connectivity index (χ4n) is 3.75. The fourth-order valence-corrected chi connectivity index (χ4v) is 3.75. The number of rotatable bonds is 2. The highest BCUT2D eigenvalue weighted by molar-refractivity contribution is 5.11. The van der Waals surface area contributed by atoms with E-state index in [1.165, 1.54) is 25.8 Å². The van der Waals surface area contributed by atoms with Gasteiger partial charge >= 0.3 is 0 Å². The first-order valence-electron chi connectivity index (χ1n) is 6.96. The molecule has 2 rings (SSSR count). The Morgan fingerprint density at radius 1 is 1.41 bits per heavy atom. The summed E-state index contributed by atoms with van der Waals surface area (Å²) >= 11 is 0. The second-order valence-electron chi connectivity index (χ2n) is 6.08. The van der Waals surface area contributed by atoms with Gasteiger partial charge in [-0.3, -0.25) is 4.90 Å². The van der Waals surface area contributed by atoms with E-state index in [2.05, 4.69) is 30.1 Å². The SMILES string of the molecule is CNC1(C#N)CCCC(N2CC(C)CC2C)C1. The van der Waals surface area contributed by atoms with E-state index in [-0.39, 0.29) is 5.54 Å². The summed E-state index contributed by atoms with van der Waals surface area (Å²) in [7, 11) is 1.93. The molecule has 0 amide bonds. The summed E-state index contributed by atoms with van der Waals surface area (Å²) in [6.07, 6.45) is 5.76. The van der Waals surface area contributed by atoms with Gasteiger partial charge in [-0.05, 0) is 52.0 Å². The van der Waals surface area contributed by atoms with Crippen molar-refractivity contribution in [3.05, 3.63) is 0 Å². The van der Waals surface area contributed by atoms with Gasteiger partial charge < -0.3 is 5.32 Å². The van der Waals surface area contributed by atoms with E-state index in [9.17, 15) is 5.26 Å². The summed E-state index contributed by atoms with van der Waals surface area (Å²) in [4.78, 5) is 2.65. The maximum Gasteiger partial charge on any atom is 0.108 e. The van der Waals surface area contributed by atoms with Crippen molar-refractivity contribution in [2.75, 3.05) is 13.6 Å². The van der Waals surface area contributed by atoms with Gasteiger partial charge in [0.2, 0.25) is 0 Å². The van der Waals surface area contributed by atoms with Crippen LogP contribution in [0.4, 0.5) is 0 Å². The zero-order valence-corrected chi connectivity index (χ0v) is 11.4. The van der Waals surface area contributed by atoms with Gasteiger partial charge in [-0.25, -0.2) is 0 Å². The normalized spacial score (nSPS) is 43.5. The Morgan fingerprint density at radius 2 is 2.18 bits per heavy atom. The quantitative estimate of drug-likeness (QED) is 0.797. The molecule has 0 aromatic rings. The molecule has 1 N–H and O–H groups in total. The van der Waals surface area contributed by atoms with Gasteiger partial charge in [0.05, 0.1) is 6.07 Å². The van der Waals surface area contributed by atoms with Crippen molar-refractivity contribution >= 4 is 0 Å². The summed E-state index contributed by atoms with van der Waals surface area (Å²) in [5, 5.41) is 12.6. The van der Waals surface area contributed by atoms with Crippen molar-refractivity contribution in [3.63, 3.8) is 0 Å². The molecule has 3 heteroatoms. The van der Waals surface area contributed by atoms with E-state index in [4.69, 9.17) is 0 Å². The molecular weight excluding hydrogens is 210 g/mol. The molecule has 4 unspecified atom stereocenters. The first-order chi connectivity index (χ1) is 8.10. The van der Waals surface area contributed by atoms with E-state index >= 15 is 0 Å². The maximum absolute atomic E-state index is 9.39. The van der Waals surface area contributed by atoms with Crippen molar-refractivity contribution in [1.29, 1.82) is 5.26 Å². The first-order valence-corrected chi connectivity index (χ1v) is 6.96. The van der Waals surface area contributed by atoms with Gasteiger partial charge in [-0.15, -0.1) is 0 Å². The number of nitrogens with one attached hydrogen (secondary N) is 1. The third kappa shape index (κ3) is 2.48. The predicted octanol–water partition coefficient (Wildman–Crippen LogP) is 2.14. The molecule has 0 spiro atoms. The molecule has 1 saturated heterocycles. The van der Waals surface area contributed by atoms with Crippen molar-refractivity contribution in [2.24, 2.45) is 5.92 Å². The molecule has 3 nitrogen and oxygen atoms in total. The van der Waals surface area contributed by atoms with Gasteiger partial charge in [0.25, 0.3) is 0 Å². The van der Waals surface area contributed by atoms with Crippen LogP contribution in [0.5, 0.6) is 0 Å². The van der Waals surface area contributed by atoms with Crippen LogP contribution in [0.1, 0.15) is 46.0 Å². The molecule has 1 aliphatic carbocycles. The fraction of sp³-hybridized carbons (Fsp3) is 0.929. The number of nitriles is 1. The van der Waals surface area contributed by atoms with Gasteiger partial charge in [-0.1, -0.05) is 6.92 Å². The Morgan fingerprint density at radius 3 is 2.71 bits per heavy atom. The molecule has 0 aromatic carbocycles. The second-order valence-corrected chi connectivity index (χ2v) is 6.08. The Hall–Kier alpha value is -0.590. The Bertz CT molecular complexity index is 309. The van der Waals surface area contributed by atoms with Gasteiger partial charge in [-0.2, -0.15) is 5.26 Å². The van der Waals surface area contributed by atoms with Crippen LogP contribution in [0.25, 0.3) is 0 Å². The van der Waals surface area contributed by atoms with Crippen LogP contribution < -0.4 is 5.32 Å². The summed E-state index contributed by atoms with van der Waals surface area (Å²) in [5.41, 5.74) is -0.269. The minimum atomic E-state index is -0.269. The highest BCUT2D eigenvalue weighted by Crippen LogP contribution is 2.35. The van der Waals surface area contributed by atoms with Crippen molar-refractivity contribution < 1.29 is 0 Å². The molecule has 2 fully saturated rings. The number of hydrogen-bond acceptors (Lipinski definition) is 3. The van der Waals surface area contributed by atoms with E-state index in [1.807, 2.05) is 7.05 Å². The van der Waals surface area contributed by atoms with Crippen molar-refractivity contribution in [1.82, 2.24) is 10.2 Å². The second kappa shape index (κ2) is 4.96. The van der Waals surface area contributed by atoms with Crippen LogP contribution in [0, 0.1) is 17.2 Å². The van der Waals surface area contributed by atoms with Crippen molar-refractivity contribution in [3.8, 4) is 6.07 Å². The van der Waals surface area contributed by atoms with Gasteiger partial charge in [0.1, 0.15) is 5.54 Å². The van der Waals surface area contributed by atoms with Crippen molar-refractivity contribution in [2.45, 2.75) is 63.6 Å². The van der Waals surface area contributed by atoms with E-state index in [0.717, 1.165) is 18.8 Å². The number of nitrogens with zero attached hydrogens (tertiary/aromatic N) is 2. The first kappa shape index (κ1) is 12.9. The zero-order valence-electron chi connectivity index (χ0n) is 11.4. The standard InChI is InChI=1S/C14H25N3/c1-11-7-12(2)17(9-11)13-5-4-6-14(8-13,10-15)16-3/h11-13,16H,4-9H2,1-3H3. The zero-order chi connectivity index (χ0) is 12.5.